The molecule has 3 nitrogen and oxygen atoms in total. The summed E-state index contributed by atoms with van der Waals surface area (Å²) in [6.45, 7) is 0.310. The van der Waals surface area contributed by atoms with E-state index in [2.05, 4.69) is 63.7 Å². The molecule has 0 atom stereocenters. The standard InChI is InChI=1S/C23H16Br4O3/c1-29-22-9-3-14(2-8-21(28)15-4-6-17(24)7-5-15)10-16(22)13-30-23-19(26)11-18(25)12-20(23)27/h2-12H,13H2,1H3/b8-2+. The summed E-state index contributed by atoms with van der Waals surface area (Å²) < 4.78 is 15.0. The van der Waals surface area contributed by atoms with Crippen LogP contribution in [0.4, 0.5) is 0 Å². The van der Waals surface area contributed by atoms with Crippen LogP contribution in [0, 0.1) is 0 Å². The maximum absolute atomic E-state index is 12.4. The highest BCUT2D eigenvalue weighted by Crippen LogP contribution is 2.37. The highest BCUT2D eigenvalue weighted by molar-refractivity contribution is 9.11. The second-order valence-corrected chi connectivity index (χ2v) is 9.80. The first-order valence-electron chi connectivity index (χ1n) is 8.79. The van der Waals surface area contributed by atoms with Crippen molar-refractivity contribution in [3.05, 3.63) is 95.3 Å². The minimum Gasteiger partial charge on any atom is -0.496 e. The molecular weight excluding hydrogens is 644 g/mol. The lowest BCUT2D eigenvalue weighted by Crippen LogP contribution is -2.00. The second-order valence-electron chi connectivity index (χ2n) is 6.26. The summed E-state index contributed by atoms with van der Waals surface area (Å²) in [7, 11) is 1.62. The van der Waals surface area contributed by atoms with Gasteiger partial charge in [0.2, 0.25) is 0 Å². The molecule has 0 aliphatic rings. The van der Waals surface area contributed by atoms with E-state index < -0.39 is 0 Å². The van der Waals surface area contributed by atoms with Gasteiger partial charge in [0.25, 0.3) is 0 Å². The van der Waals surface area contributed by atoms with Crippen molar-refractivity contribution in [3.63, 3.8) is 0 Å². The van der Waals surface area contributed by atoms with Gasteiger partial charge in [-0.15, -0.1) is 0 Å². The molecule has 30 heavy (non-hydrogen) atoms. The fourth-order valence-corrected chi connectivity index (χ4v) is 5.47. The van der Waals surface area contributed by atoms with Crippen LogP contribution in [0.3, 0.4) is 0 Å². The molecule has 3 aromatic rings. The molecule has 0 amide bonds. The van der Waals surface area contributed by atoms with Crippen LogP contribution in [-0.2, 0) is 6.61 Å². The Bertz CT molecular complexity index is 1070. The first-order chi connectivity index (χ1) is 14.4. The fourth-order valence-electron chi connectivity index (χ4n) is 2.71. The minimum atomic E-state index is -0.0566. The van der Waals surface area contributed by atoms with Gasteiger partial charge in [0.05, 0.1) is 16.1 Å². The molecule has 3 aromatic carbocycles. The van der Waals surface area contributed by atoms with E-state index in [4.69, 9.17) is 9.47 Å². The van der Waals surface area contributed by atoms with Gasteiger partial charge in [0, 0.05) is 20.1 Å². The largest absolute Gasteiger partial charge is 0.496 e. The third-order valence-electron chi connectivity index (χ3n) is 4.20. The molecule has 3 rings (SSSR count). The predicted octanol–water partition coefficient (Wildman–Crippen LogP) is 8.22. The van der Waals surface area contributed by atoms with Crippen LogP contribution in [0.5, 0.6) is 11.5 Å². The molecule has 0 spiro atoms. The summed E-state index contributed by atoms with van der Waals surface area (Å²) in [4.78, 5) is 12.4. The van der Waals surface area contributed by atoms with Crippen molar-refractivity contribution >= 4 is 75.6 Å². The van der Waals surface area contributed by atoms with E-state index in [0.29, 0.717) is 17.9 Å². The number of ketones is 1. The molecule has 0 aromatic heterocycles. The average molecular weight is 660 g/mol. The maximum Gasteiger partial charge on any atom is 0.185 e. The Morgan fingerprint density at radius 1 is 0.900 bits per heavy atom. The quantitative estimate of drug-likeness (QED) is 0.189. The third kappa shape index (κ3) is 6.06. The third-order valence-corrected chi connectivity index (χ3v) is 6.36. The van der Waals surface area contributed by atoms with Gasteiger partial charge >= 0.3 is 0 Å². The van der Waals surface area contributed by atoms with Crippen molar-refractivity contribution < 1.29 is 14.3 Å². The Labute approximate surface area is 209 Å². The van der Waals surface area contributed by atoms with Crippen molar-refractivity contribution in [2.24, 2.45) is 0 Å². The van der Waals surface area contributed by atoms with E-state index in [1.165, 1.54) is 0 Å². The molecule has 0 N–H and O–H groups in total. The number of halogens is 4. The van der Waals surface area contributed by atoms with Gasteiger partial charge in [-0.05, 0) is 92.0 Å². The van der Waals surface area contributed by atoms with E-state index in [1.807, 2.05) is 42.5 Å². The second kappa shape index (κ2) is 10.8. The molecule has 0 heterocycles. The number of benzene rings is 3. The minimum absolute atomic E-state index is 0.0566. The van der Waals surface area contributed by atoms with Crippen molar-refractivity contribution in [1.82, 2.24) is 0 Å². The number of hydrogen-bond donors (Lipinski definition) is 0. The Hall–Kier alpha value is -1.41. The van der Waals surface area contributed by atoms with Crippen molar-refractivity contribution in [2.45, 2.75) is 6.61 Å². The SMILES string of the molecule is COc1ccc(/C=C/C(=O)c2ccc(Br)cc2)cc1COc1c(Br)cc(Br)cc1Br. The Balaban J connectivity index is 1.78. The maximum atomic E-state index is 12.4. The zero-order chi connectivity index (χ0) is 21.7. The van der Waals surface area contributed by atoms with Gasteiger partial charge in [0.15, 0.2) is 5.78 Å². The zero-order valence-electron chi connectivity index (χ0n) is 15.8. The van der Waals surface area contributed by atoms with Gasteiger partial charge < -0.3 is 9.47 Å². The molecule has 7 heteroatoms. The number of ether oxygens (including phenoxy) is 2. The van der Waals surface area contributed by atoms with Crippen molar-refractivity contribution in [2.75, 3.05) is 7.11 Å². The summed E-state index contributed by atoms with van der Waals surface area (Å²) in [6, 6.07) is 16.8. The molecule has 0 aliphatic heterocycles. The topological polar surface area (TPSA) is 35.5 Å². The van der Waals surface area contributed by atoms with Crippen LogP contribution >= 0.6 is 63.7 Å². The van der Waals surface area contributed by atoms with E-state index in [0.717, 1.165) is 34.8 Å². The van der Waals surface area contributed by atoms with Gasteiger partial charge in [-0.25, -0.2) is 0 Å². The van der Waals surface area contributed by atoms with E-state index in [1.54, 1.807) is 31.4 Å². The summed E-state index contributed by atoms with van der Waals surface area (Å²) in [5.74, 6) is 1.36. The Morgan fingerprint density at radius 3 is 2.20 bits per heavy atom. The lowest BCUT2D eigenvalue weighted by molar-refractivity contribution is 0.104. The first-order valence-corrected chi connectivity index (χ1v) is 12.0. The molecular formula is C23H16Br4O3. The average Bonchev–Trinajstić information content (AvgIpc) is 2.71. The molecule has 154 valence electrons. The van der Waals surface area contributed by atoms with Crippen LogP contribution in [0.1, 0.15) is 21.5 Å². The Morgan fingerprint density at radius 2 is 1.57 bits per heavy atom. The van der Waals surface area contributed by atoms with Crippen LogP contribution in [-0.4, -0.2) is 12.9 Å². The zero-order valence-corrected chi connectivity index (χ0v) is 22.1. The highest BCUT2D eigenvalue weighted by atomic mass is 79.9. The number of hydrogen-bond acceptors (Lipinski definition) is 3. The molecule has 0 unspecified atom stereocenters. The van der Waals surface area contributed by atoms with Gasteiger partial charge in [-0.3, -0.25) is 4.79 Å². The lowest BCUT2D eigenvalue weighted by atomic mass is 10.1. The summed E-state index contributed by atoms with van der Waals surface area (Å²) in [6.07, 6.45) is 3.36. The van der Waals surface area contributed by atoms with Gasteiger partial charge in [0.1, 0.15) is 18.1 Å². The first kappa shape index (κ1) is 23.3. The molecule has 0 bridgehead atoms. The van der Waals surface area contributed by atoms with Crippen molar-refractivity contribution in [3.8, 4) is 11.5 Å². The highest BCUT2D eigenvalue weighted by Gasteiger charge is 2.11. The summed E-state index contributed by atoms with van der Waals surface area (Å²) in [5.41, 5.74) is 2.39. The van der Waals surface area contributed by atoms with E-state index in [9.17, 15) is 4.79 Å². The summed E-state index contributed by atoms with van der Waals surface area (Å²) in [5, 5.41) is 0. The number of methoxy groups -OCH3 is 1. The van der Waals surface area contributed by atoms with Crippen LogP contribution in [0.2, 0.25) is 0 Å². The summed E-state index contributed by atoms with van der Waals surface area (Å²) >= 11 is 13.9. The normalized spacial score (nSPS) is 11.0. The molecule has 0 radical (unpaired) electrons. The fraction of sp³-hybridized carbons (Fsp3) is 0.0870. The smallest absolute Gasteiger partial charge is 0.185 e. The monoisotopic (exact) mass is 656 g/mol. The number of carbonyl (C=O) groups excluding carboxylic acids is 1. The lowest BCUT2D eigenvalue weighted by Gasteiger charge is -2.14. The molecule has 0 fully saturated rings. The molecule has 0 aliphatic carbocycles. The van der Waals surface area contributed by atoms with Gasteiger partial charge in [-0.1, -0.05) is 44.0 Å². The van der Waals surface area contributed by atoms with Crippen LogP contribution < -0.4 is 9.47 Å². The van der Waals surface area contributed by atoms with Gasteiger partial charge in [-0.2, -0.15) is 0 Å². The van der Waals surface area contributed by atoms with Crippen molar-refractivity contribution in [1.29, 1.82) is 0 Å². The number of rotatable bonds is 7. The predicted molar refractivity (Wildman–Crippen MR) is 134 cm³/mol. The van der Waals surface area contributed by atoms with Crippen LogP contribution in [0.25, 0.3) is 6.08 Å². The van der Waals surface area contributed by atoms with E-state index in [-0.39, 0.29) is 5.78 Å². The number of carbonyl (C=O) groups is 1. The molecule has 0 saturated carbocycles. The Kier molecular flexibility index (Phi) is 8.34. The molecule has 0 saturated heterocycles. The number of allylic oxidation sites excluding steroid dienone is 1. The van der Waals surface area contributed by atoms with Crippen LogP contribution in [0.15, 0.2) is 78.6 Å². The van der Waals surface area contributed by atoms with E-state index >= 15 is 0 Å².